The molecule has 0 spiro atoms. The van der Waals surface area contributed by atoms with Gasteiger partial charge in [0.1, 0.15) is 11.9 Å². The van der Waals surface area contributed by atoms with Crippen LogP contribution in [0.2, 0.25) is 0 Å². The number of benzene rings is 2. The molecule has 2 atom stereocenters. The van der Waals surface area contributed by atoms with E-state index in [-0.39, 0.29) is 0 Å². The smallest absolute Gasteiger partial charge is 0.179 e. The maximum atomic E-state index is 12.4. The van der Waals surface area contributed by atoms with Gasteiger partial charge in [0.15, 0.2) is 17.2 Å². The first kappa shape index (κ1) is 21.9. The fraction of sp³-hybridized carbons (Fsp3) is 0.214. The van der Waals surface area contributed by atoms with Crippen molar-refractivity contribution in [3.05, 3.63) is 84.2 Å². The van der Waals surface area contributed by atoms with Crippen molar-refractivity contribution in [3.8, 4) is 22.6 Å². The fourth-order valence-electron chi connectivity index (χ4n) is 4.80. The minimum atomic E-state index is -0.996. The lowest BCUT2D eigenvalue weighted by molar-refractivity contribution is -0.124. The van der Waals surface area contributed by atoms with E-state index in [1.54, 1.807) is 14.2 Å². The molecular formula is C28H26N2O4. The van der Waals surface area contributed by atoms with Crippen LogP contribution in [0.15, 0.2) is 73.1 Å². The van der Waals surface area contributed by atoms with Gasteiger partial charge in [-0.3, -0.25) is 4.57 Å². The van der Waals surface area contributed by atoms with Gasteiger partial charge in [-0.1, -0.05) is 36.4 Å². The number of carbonyl (C=O) groups excluding carboxylic acids is 1. The van der Waals surface area contributed by atoms with E-state index in [1.807, 2.05) is 84.6 Å². The predicted octanol–water partition coefficient (Wildman–Crippen LogP) is 5.42. The minimum Gasteiger partial charge on any atom is -0.493 e. The van der Waals surface area contributed by atoms with E-state index in [2.05, 4.69) is 6.07 Å². The third-order valence-corrected chi connectivity index (χ3v) is 6.41. The molecule has 2 aromatic carbocycles. The minimum absolute atomic E-state index is 0.445. The molecule has 1 aliphatic carbocycles. The molecule has 6 heteroatoms. The summed E-state index contributed by atoms with van der Waals surface area (Å²) >= 11 is 0. The summed E-state index contributed by atoms with van der Waals surface area (Å²) in [6.07, 6.45) is 8.74. The summed E-state index contributed by atoms with van der Waals surface area (Å²) < 4.78 is 19.1. The van der Waals surface area contributed by atoms with Crippen LogP contribution in [0.4, 0.5) is 0 Å². The van der Waals surface area contributed by atoms with Gasteiger partial charge in [-0.2, -0.15) is 0 Å². The molecule has 0 fully saturated rings. The molecule has 4 aromatic rings. The standard InChI is InChI=1S/C28H26N2O4/c1-4-34-28(13-11-19-7-5-6-8-23(19)24(28)18-31)30-14-12-21-15-22(17-29-27(21)30)20-9-10-25(32-2)26(16-20)33-3/h5-18,24H,4H2,1-3H3. The van der Waals surface area contributed by atoms with E-state index in [0.29, 0.717) is 18.1 Å². The van der Waals surface area contributed by atoms with Gasteiger partial charge in [-0.15, -0.1) is 0 Å². The number of aldehydes is 1. The predicted molar refractivity (Wildman–Crippen MR) is 132 cm³/mol. The van der Waals surface area contributed by atoms with Crippen LogP contribution in [-0.4, -0.2) is 36.7 Å². The lowest BCUT2D eigenvalue weighted by atomic mass is 9.81. The molecule has 2 unspecified atom stereocenters. The molecule has 2 heterocycles. The van der Waals surface area contributed by atoms with Crippen molar-refractivity contribution >= 4 is 23.4 Å². The molecule has 0 saturated carbocycles. The van der Waals surface area contributed by atoms with Crippen LogP contribution in [-0.2, 0) is 15.3 Å². The van der Waals surface area contributed by atoms with E-state index in [9.17, 15) is 4.79 Å². The molecule has 0 bridgehead atoms. The van der Waals surface area contributed by atoms with Crippen LogP contribution in [0.25, 0.3) is 28.2 Å². The molecule has 0 amide bonds. The van der Waals surface area contributed by atoms with E-state index in [0.717, 1.165) is 39.6 Å². The molecule has 0 radical (unpaired) electrons. The summed E-state index contributed by atoms with van der Waals surface area (Å²) in [4.78, 5) is 17.2. The Kier molecular flexibility index (Phi) is 5.67. The second kappa shape index (κ2) is 8.80. The molecule has 0 saturated heterocycles. The average Bonchev–Trinajstić information content (AvgIpc) is 3.32. The topological polar surface area (TPSA) is 62.6 Å². The van der Waals surface area contributed by atoms with Crippen molar-refractivity contribution in [2.45, 2.75) is 18.6 Å². The SMILES string of the molecule is CCOC1(n2ccc3cc(-c4ccc(OC)c(OC)c4)cnc32)C=Cc2ccccc2C1C=O. The highest BCUT2D eigenvalue weighted by Crippen LogP contribution is 2.44. The Bertz CT molecular complexity index is 1390. The Balaban J connectivity index is 1.62. The molecule has 5 rings (SSSR count). The lowest BCUT2D eigenvalue weighted by Gasteiger charge is -2.40. The lowest BCUT2D eigenvalue weighted by Crippen LogP contribution is -2.43. The van der Waals surface area contributed by atoms with Gasteiger partial charge in [0.25, 0.3) is 0 Å². The van der Waals surface area contributed by atoms with Gasteiger partial charge >= 0.3 is 0 Å². The van der Waals surface area contributed by atoms with Gasteiger partial charge in [-0.25, -0.2) is 4.98 Å². The molecule has 1 aliphatic rings. The van der Waals surface area contributed by atoms with Crippen molar-refractivity contribution < 1.29 is 19.0 Å². The van der Waals surface area contributed by atoms with Crippen molar-refractivity contribution in [1.29, 1.82) is 0 Å². The number of ether oxygens (including phenoxy) is 3. The Hall–Kier alpha value is -3.90. The number of pyridine rings is 1. The summed E-state index contributed by atoms with van der Waals surface area (Å²) in [5.41, 5.74) is 3.63. The molecule has 172 valence electrons. The first-order chi connectivity index (χ1) is 16.6. The first-order valence-electron chi connectivity index (χ1n) is 11.2. The number of fused-ring (bicyclic) bond motifs is 2. The molecule has 2 aromatic heterocycles. The first-order valence-corrected chi connectivity index (χ1v) is 11.2. The Morgan fingerprint density at radius 1 is 1.03 bits per heavy atom. The fourth-order valence-corrected chi connectivity index (χ4v) is 4.80. The number of hydrogen-bond acceptors (Lipinski definition) is 5. The molecule has 0 N–H and O–H groups in total. The van der Waals surface area contributed by atoms with Gasteiger partial charge in [0.05, 0.1) is 20.1 Å². The van der Waals surface area contributed by atoms with Crippen LogP contribution >= 0.6 is 0 Å². The summed E-state index contributed by atoms with van der Waals surface area (Å²) in [5, 5.41) is 0.947. The van der Waals surface area contributed by atoms with Crippen LogP contribution in [0.5, 0.6) is 11.5 Å². The van der Waals surface area contributed by atoms with Gasteiger partial charge in [0.2, 0.25) is 0 Å². The highest BCUT2D eigenvalue weighted by atomic mass is 16.5. The average molecular weight is 455 g/mol. The van der Waals surface area contributed by atoms with Gasteiger partial charge in [-0.05, 0) is 54.0 Å². The van der Waals surface area contributed by atoms with E-state index < -0.39 is 11.6 Å². The zero-order chi connectivity index (χ0) is 23.7. The van der Waals surface area contributed by atoms with Gasteiger partial charge in [0, 0.05) is 30.0 Å². The van der Waals surface area contributed by atoms with E-state index in [1.165, 1.54) is 0 Å². The normalized spacial score (nSPS) is 19.1. The van der Waals surface area contributed by atoms with E-state index in [4.69, 9.17) is 19.2 Å². The van der Waals surface area contributed by atoms with Crippen LogP contribution in [0.1, 0.15) is 24.0 Å². The van der Waals surface area contributed by atoms with Crippen molar-refractivity contribution in [2.24, 2.45) is 0 Å². The van der Waals surface area contributed by atoms with Crippen molar-refractivity contribution in [3.63, 3.8) is 0 Å². The molecular weight excluding hydrogens is 428 g/mol. The Labute approximate surface area is 198 Å². The van der Waals surface area contributed by atoms with Crippen molar-refractivity contribution in [2.75, 3.05) is 20.8 Å². The number of nitrogens with zero attached hydrogens (tertiary/aromatic N) is 2. The zero-order valence-electron chi connectivity index (χ0n) is 19.4. The summed E-state index contributed by atoms with van der Waals surface area (Å²) in [6, 6.07) is 17.8. The monoisotopic (exact) mass is 454 g/mol. The third-order valence-electron chi connectivity index (χ3n) is 6.41. The Morgan fingerprint density at radius 2 is 1.85 bits per heavy atom. The number of hydrogen-bond donors (Lipinski definition) is 0. The number of rotatable bonds is 7. The van der Waals surface area contributed by atoms with Gasteiger partial charge < -0.3 is 19.0 Å². The largest absolute Gasteiger partial charge is 0.493 e. The summed E-state index contributed by atoms with van der Waals surface area (Å²) in [5.74, 6) is 0.832. The highest BCUT2D eigenvalue weighted by Gasteiger charge is 2.44. The zero-order valence-corrected chi connectivity index (χ0v) is 19.4. The molecule has 0 aliphatic heterocycles. The summed E-state index contributed by atoms with van der Waals surface area (Å²) in [7, 11) is 3.24. The highest BCUT2D eigenvalue weighted by molar-refractivity contribution is 5.84. The molecule has 34 heavy (non-hydrogen) atoms. The van der Waals surface area contributed by atoms with Crippen LogP contribution < -0.4 is 9.47 Å². The quantitative estimate of drug-likeness (QED) is 0.349. The maximum absolute atomic E-state index is 12.4. The summed E-state index contributed by atoms with van der Waals surface area (Å²) in [6.45, 7) is 2.38. The number of aromatic nitrogens is 2. The molecule has 6 nitrogen and oxygen atoms in total. The maximum Gasteiger partial charge on any atom is 0.179 e. The number of carbonyl (C=O) groups is 1. The third kappa shape index (κ3) is 3.38. The van der Waals surface area contributed by atoms with E-state index >= 15 is 0 Å². The number of methoxy groups -OCH3 is 2. The second-order valence-electron chi connectivity index (χ2n) is 8.15. The van der Waals surface area contributed by atoms with Crippen molar-refractivity contribution in [1.82, 2.24) is 9.55 Å². The Morgan fingerprint density at radius 3 is 2.62 bits per heavy atom. The second-order valence-corrected chi connectivity index (χ2v) is 8.15. The van der Waals surface area contributed by atoms with Crippen LogP contribution in [0, 0.1) is 0 Å². The van der Waals surface area contributed by atoms with Crippen LogP contribution in [0.3, 0.4) is 0 Å².